The van der Waals surface area contributed by atoms with E-state index in [1.807, 2.05) is 0 Å². The number of hydrogen-bond donors (Lipinski definition) is 1. The maximum Gasteiger partial charge on any atom is 0.408 e. The number of nitrogens with zero attached hydrogens (tertiary/aromatic N) is 1. The van der Waals surface area contributed by atoms with E-state index in [0.717, 1.165) is 6.92 Å². The molecule has 1 N–H and O–H groups in total. The van der Waals surface area contributed by atoms with E-state index in [1.54, 1.807) is 18.2 Å². The summed E-state index contributed by atoms with van der Waals surface area (Å²) in [7, 11) is -3.83. The molecule has 0 bridgehead atoms. The van der Waals surface area contributed by atoms with Crippen LogP contribution < -0.4 is 4.72 Å². The first-order chi connectivity index (χ1) is 10.6. The lowest BCUT2D eigenvalue weighted by Gasteiger charge is -2.39. The predicted molar refractivity (Wildman–Crippen MR) is 77.0 cm³/mol. The molecule has 1 aliphatic rings. The van der Waals surface area contributed by atoms with Gasteiger partial charge in [0.15, 0.2) is 0 Å². The van der Waals surface area contributed by atoms with Crippen molar-refractivity contribution in [1.29, 1.82) is 0 Å². The monoisotopic (exact) mass is 350 g/mol. The minimum absolute atomic E-state index is 0.0139. The van der Waals surface area contributed by atoms with Gasteiger partial charge >= 0.3 is 6.18 Å². The van der Waals surface area contributed by atoms with Crippen LogP contribution in [0.4, 0.5) is 13.2 Å². The molecule has 1 fully saturated rings. The Kier molecular flexibility index (Phi) is 5.00. The molecule has 0 saturated carbocycles. The van der Waals surface area contributed by atoms with Gasteiger partial charge in [0.1, 0.15) is 6.04 Å². The first kappa shape index (κ1) is 17.7. The third kappa shape index (κ3) is 4.23. The highest BCUT2D eigenvalue weighted by atomic mass is 32.2. The second-order valence-corrected chi connectivity index (χ2v) is 7.15. The van der Waals surface area contributed by atoms with Gasteiger partial charge in [-0.15, -0.1) is 0 Å². The summed E-state index contributed by atoms with van der Waals surface area (Å²) in [6.07, 6.45) is -4.83. The summed E-state index contributed by atoms with van der Waals surface area (Å²) in [5.41, 5.74) is 0. The fourth-order valence-corrected chi connectivity index (χ4v) is 3.93. The Balaban J connectivity index is 2.13. The Labute approximate surface area is 132 Å². The summed E-state index contributed by atoms with van der Waals surface area (Å²) >= 11 is 0. The van der Waals surface area contributed by atoms with Crippen LogP contribution in [-0.4, -0.2) is 44.0 Å². The highest BCUT2D eigenvalue weighted by Gasteiger charge is 2.47. The zero-order chi connectivity index (χ0) is 17.3. The van der Waals surface area contributed by atoms with Crippen molar-refractivity contribution in [3.8, 4) is 0 Å². The molecule has 0 radical (unpaired) electrons. The van der Waals surface area contributed by atoms with E-state index in [4.69, 9.17) is 0 Å². The Morgan fingerprint density at radius 1 is 1.22 bits per heavy atom. The van der Waals surface area contributed by atoms with Crippen LogP contribution in [-0.2, 0) is 14.8 Å². The SMILES string of the molecule is CC(=O)N1C[C@@H](NS(=O)(=O)c2ccccc2)CC[C@@H]1C(F)(F)F. The van der Waals surface area contributed by atoms with Crippen molar-refractivity contribution in [2.75, 3.05) is 6.54 Å². The number of carbonyl (C=O) groups is 1. The maximum atomic E-state index is 12.9. The van der Waals surface area contributed by atoms with Gasteiger partial charge in [-0.2, -0.15) is 13.2 Å². The standard InChI is InChI=1S/C14H17F3N2O3S/c1-10(20)19-9-11(7-8-13(19)14(15,16)17)18-23(21,22)12-5-3-2-4-6-12/h2-6,11,13,18H,7-9H2,1H3/t11-,13+/m0/s1. The van der Waals surface area contributed by atoms with Crippen molar-refractivity contribution in [2.24, 2.45) is 0 Å². The molecule has 5 nitrogen and oxygen atoms in total. The van der Waals surface area contributed by atoms with E-state index in [9.17, 15) is 26.4 Å². The summed E-state index contributed by atoms with van der Waals surface area (Å²) in [5, 5.41) is 0. The number of benzene rings is 1. The minimum atomic E-state index is -4.52. The average Bonchev–Trinajstić information content (AvgIpc) is 2.46. The van der Waals surface area contributed by atoms with Crippen LogP contribution >= 0.6 is 0 Å². The second-order valence-electron chi connectivity index (χ2n) is 5.44. The van der Waals surface area contributed by atoms with Gasteiger partial charge in [-0.05, 0) is 25.0 Å². The number of likely N-dealkylation sites (tertiary alicyclic amines) is 1. The molecule has 0 spiro atoms. The van der Waals surface area contributed by atoms with E-state index < -0.39 is 34.2 Å². The molecule has 1 aliphatic heterocycles. The lowest BCUT2D eigenvalue weighted by Crippen LogP contribution is -2.57. The van der Waals surface area contributed by atoms with Gasteiger partial charge in [-0.3, -0.25) is 4.79 Å². The van der Waals surface area contributed by atoms with E-state index >= 15 is 0 Å². The van der Waals surface area contributed by atoms with Crippen molar-refractivity contribution in [3.63, 3.8) is 0 Å². The molecule has 1 aromatic rings. The average molecular weight is 350 g/mol. The van der Waals surface area contributed by atoms with Crippen LogP contribution in [0.2, 0.25) is 0 Å². The van der Waals surface area contributed by atoms with Crippen molar-refractivity contribution >= 4 is 15.9 Å². The number of halogens is 3. The molecular weight excluding hydrogens is 333 g/mol. The van der Waals surface area contributed by atoms with E-state index in [-0.39, 0.29) is 24.3 Å². The predicted octanol–water partition coefficient (Wildman–Crippen LogP) is 1.91. The molecule has 2 rings (SSSR count). The van der Waals surface area contributed by atoms with Crippen molar-refractivity contribution < 1.29 is 26.4 Å². The number of rotatable bonds is 3. The fourth-order valence-electron chi connectivity index (χ4n) is 2.64. The summed E-state index contributed by atoms with van der Waals surface area (Å²) in [4.78, 5) is 12.2. The molecule has 1 aromatic carbocycles. The molecule has 2 atom stereocenters. The number of carbonyl (C=O) groups excluding carboxylic acids is 1. The van der Waals surface area contributed by atoms with Crippen LogP contribution in [0.3, 0.4) is 0 Å². The maximum absolute atomic E-state index is 12.9. The molecular formula is C14H17F3N2O3S. The van der Waals surface area contributed by atoms with Crippen LogP contribution in [0.1, 0.15) is 19.8 Å². The number of piperidine rings is 1. The number of alkyl halides is 3. The first-order valence-electron chi connectivity index (χ1n) is 7.02. The molecule has 0 aromatic heterocycles. The highest BCUT2D eigenvalue weighted by Crippen LogP contribution is 2.32. The molecule has 1 heterocycles. The molecule has 23 heavy (non-hydrogen) atoms. The van der Waals surface area contributed by atoms with Crippen molar-refractivity contribution in [3.05, 3.63) is 30.3 Å². The third-order valence-corrected chi connectivity index (χ3v) is 5.28. The Bertz CT molecular complexity index is 662. The number of amides is 1. The summed E-state index contributed by atoms with van der Waals surface area (Å²) < 4.78 is 65.7. The molecule has 1 amide bonds. The fraction of sp³-hybridized carbons (Fsp3) is 0.500. The van der Waals surface area contributed by atoms with Gasteiger partial charge < -0.3 is 4.90 Å². The van der Waals surface area contributed by atoms with E-state index in [0.29, 0.717) is 4.90 Å². The van der Waals surface area contributed by atoms with Crippen LogP contribution in [0.15, 0.2) is 35.2 Å². The topological polar surface area (TPSA) is 66.5 Å². The molecule has 0 unspecified atom stereocenters. The smallest absolute Gasteiger partial charge is 0.329 e. The summed E-state index contributed by atoms with van der Waals surface area (Å²) in [6.45, 7) is 0.748. The number of hydrogen-bond acceptors (Lipinski definition) is 3. The minimum Gasteiger partial charge on any atom is -0.329 e. The van der Waals surface area contributed by atoms with Gasteiger partial charge in [0, 0.05) is 19.5 Å². The van der Waals surface area contributed by atoms with Crippen LogP contribution in [0, 0.1) is 0 Å². The van der Waals surface area contributed by atoms with E-state index in [2.05, 4.69) is 4.72 Å². The van der Waals surface area contributed by atoms with Crippen LogP contribution in [0.5, 0.6) is 0 Å². The summed E-state index contributed by atoms with van der Waals surface area (Å²) in [6, 6.07) is 4.94. The highest BCUT2D eigenvalue weighted by molar-refractivity contribution is 7.89. The van der Waals surface area contributed by atoms with Gasteiger partial charge in [-0.1, -0.05) is 18.2 Å². The van der Waals surface area contributed by atoms with Gasteiger partial charge in [0.05, 0.1) is 4.90 Å². The number of nitrogens with one attached hydrogen (secondary N) is 1. The lowest BCUT2D eigenvalue weighted by molar-refractivity contribution is -0.196. The lowest BCUT2D eigenvalue weighted by atomic mass is 9.98. The largest absolute Gasteiger partial charge is 0.408 e. The third-order valence-electron chi connectivity index (χ3n) is 3.74. The quantitative estimate of drug-likeness (QED) is 0.906. The van der Waals surface area contributed by atoms with Gasteiger partial charge in [0.2, 0.25) is 15.9 Å². The van der Waals surface area contributed by atoms with Crippen molar-refractivity contribution in [1.82, 2.24) is 9.62 Å². The van der Waals surface area contributed by atoms with Gasteiger partial charge in [-0.25, -0.2) is 13.1 Å². The zero-order valence-electron chi connectivity index (χ0n) is 12.4. The van der Waals surface area contributed by atoms with Gasteiger partial charge in [0.25, 0.3) is 0 Å². The Morgan fingerprint density at radius 3 is 2.35 bits per heavy atom. The molecule has 9 heteroatoms. The van der Waals surface area contributed by atoms with Crippen molar-refractivity contribution in [2.45, 2.75) is 42.9 Å². The Hall–Kier alpha value is -1.61. The first-order valence-corrected chi connectivity index (χ1v) is 8.51. The molecule has 128 valence electrons. The Morgan fingerprint density at radius 2 is 1.83 bits per heavy atom. The van der Waals surface area contributed by atoms with E-state index in [1.165, 1.54) is 12.1 Å². The number of sulfonamides is 1. The summed E-state index contributed by atoms with van der Waals surface area (Å²) in [5.74, 6) is -0.726. The molecule has 0 aliphatic carbocycles. The normalized spacial score (nSPS) is 22.9. The van der Waals surface area contributed by atoms with Crippen LogP contribution in [0.25, 0.3) is 0 Å². The molecule has 1 saturated heterocycles. The second kappa shape index (κ2) is 6.48. The zero-order valence-corrected chi connectivity index (χ0v) is 13.2.